The monoisotopic (exact) mass is 692 g/mol. The molecule has 0 radical (unpaired) electrons. The van der Waals surface area contributed by atoms with Gasteiger partial charge in [0.15, 0.2) is 0 Å². The van der Waals surface area contributed by atoms with E-state index in [1.165, 1.54) is 0 Å². The number of aromatic nitrogens is 1. The first-order valence-electron chi connectivity index (χ1n) is 20.2. The Morgan fingerprint density at radius 1 is 0.370 bits per heavy atom. The molecule has 9 aromatic carbocycles. The molecule has 10 aromatic rings. The third-order valence-corrected chi connectivity index (χ3v) is 10.3. The first kappa shape index (κ1) is 27.5. The maximum atomic E-state index is 9.81. The number of hydrogen-bond acceptors (Lipinski definition) is 1. The van der Waals surface area contributed by atoms with Crippen molar-refractivity contribution in [3.63, 3.8) is 0 Å². The molecule has 1 heterocycles. The predicted molar refractivity (Wildman–Crippen MR) is 229 cm³/mol. The van der Waals surface area contributed by atoms with E-state index in [1.807, 2.05) is 108 Å². The van der Waals surface area contributed by atoms with E-state index < -0.39 is 0 Å². The van der Waals surface area contributed by atoms with Gasteiger partial charge in [0.1, 0.15) is 0 Å². The molecule has 0 aliphatic rings. The average Bonchev–Trinajstić information content (AvgIpc) is 3.63. The summed E-state index contributed by atoms with van der Waals surface area (Å²) in [6, 6.07) is 64.7. The second-order valence-corrected chi connectivity index (χ2v) is 13.4. The minimum absolute atomic E-state index is 0.0972. The highest BCUT2D eigenvalue weighted by Crippen LogP contribution is 2.47. The van der Waals surface area contributed by atoms with Gasteiger partial charge in [-0.15, -0.1) is 0 Å². The molecule has 0 aliphatic heterocycles. The third kappa shape index (κ3) is 5.36. The molecule has 0 spiro atoms. The van der Waals surface area contributed by atoms with Crippen LogP contribution in [0, 0.1) is 0 Å². The molecule has 254 valence electrons. The van der Waals surface area contributed by atoms with E-state index in [1.54, 1.807) is 0 Å². The molecule has 10 rings (SSSR count). The lowest BCUT2D eigenvalue weighted by molar-refractivity contribution is 1.18. The lowest BCUT2D eigenvalue weighted by Gasteiger charge is -2.30. The summed E-state index contributed by atoms with van der Waals surface area (Å²) in [5.41, 5.74) is 9.53. The molecule has 0 amide bonds. The van der Waals surface area contributed by atoms with Crippen LogP contribution in [-0.2, 0) is 0 Å². The van der Waals surface area contributed by atoms with Gasteiger partial charge in [-0.05, 0) is 81.5 Å². The van der Waals surface area contributed by atoms with Crippen LogP contribution < -0.4 is 4.90 Å². The molecule has 0 atom stereocenters. The number of hydrogen-bond donors (Lipinski definition) is 0. The molecule has 0 N–H and O–H groups in total. The summed E-state index contributed by atoms with van der Waals surface area (Å²) in [5, 5.41) is 4.03. The average molecular weight is 693 g/mol. The van der Waals surface area contributed by atoms with Crippen LogP contribution in [-0.4, -0.2) is 4.57 Å². The van der Waals surface area contributed by atoms with E-state index in [0.717, 1.165) is 71.9 Å². The van der Waals surface area contributed by atoms with Crippen LogP contribution in [0.4, 0.5) is 17.1 Å². The van der Waals surface area contributed by atoms with Crippen LogP contribution in [0.2, 0.25) is 0 Å². The largest absolute Gasteiger partial charge is 0.309 e. The minimum atomic E-state index is -0.125. The normalized spacial score (nSPS) is 12.4. The summed E-state index contributed by atoms with van der Waals surface area (Å²) in [4.78, 5) is 1.94. The molecular weight excluding hydrogens is 653 g/mol. The van der Waals surface area contributed by atoms with Crippen molar-refractivity contribution in [2.24, 2.45) is 0 Å². The van der Waals surface area contributed by atoms with Gasteiger partial charge in [-0.2, -0.15) is 0 Å². The van der Waals surface area contributed by atoms with Crippen LogP contribution in [0.1, 0.15) is 5.48 Å². The Morgan fingerprint density at radius 3 is 1.70 bits per heavy atom. The highest BCUT2D eigenvalue weighted by molar-refractivity contribution is 6.17. The molecule has 54 heavy (non-hydrogen) atoms. The van der Waals surface area contributed by atoms with Crippen LogP contribution >= 0.6 is 0 Å². The number of anilines is 3. The van der Waals surface area contributed by atoms with Gasteiger partial charge in [0.2, 0.25) is 0 Å². The highest BCUT2D eigenvalue weighted by atomic mass is 15.1. The zero-order valence-corrected chi connectivity index (χ0v) is 29.4. The number of fused-ring (bicyclic) bond motifs is 4. The van der Waals surface area contributed by atoms with Gasteiger partial charge in [-0.25, -0.2) is 0 Å². The van der Waals surface area contributed by atoms with E-state index in [-0.39, 0.29) is 35.4 Å². The van der Waals surface area contributed by atoms with Crippen LogP contribution in [0.25, 0.3) is 71.6 Å². The standard InChI is InChI=1S/C52H36N2/c1-3-17-38(18-4-1)44-24-9-12-29-48(44)53(41-35-33-39(34-36-41)43-27-15-20-37-19-7-8-23-42(37)43)49-30-13-10-25-45(49)46-28-16-32-51-52(46)47-26-11-14-31-50(47)54(51)40-21-5-2-6-22-40/h1-36H/i33D,34D,35D,36D. The van der Waals surface area contributed by atoms with E-state index in [2.05, 4.69) is 95.6 Å². The van der Waals surface area contributed by atoms with Crippen LogP contribution in [0.5, 0.6) is 0 Å². The zero-order valence-electron chi connectivity index (χ0n) is 33.4. The summed E-state index contributed by atoms with van der Waals surface area (Å²) in [7, 11) is 0. The smallest absolute Gasteiger partial charge is 0.0645 e. The summed E-state index contributed by atoms with van der Waals surface area (Å²) < 4.78 is 41.1. The van der Waals surface area contributed by atoms with E-state index in [4.69, 9.17) is 0 Å². The third-order valence-electron chi connectivity index (χ3n) is 10.3. The molecule has 2 heteroatoms. The fraction of sp³-hybridized carbons (Fsp3) is 0. The number of nitrogens with zero attached hydrogens (tertiary/aromatic N) is 2. The maximum absolute atomic E-state index is 9.81. The van der Waals surface area contributed by atoms with Crippen molar-refractivity contribution in [2.75, 3.05) is 4.90 Å². The highest BCUT2D eigenvalue weighted by Gasteiger charge is 2.23. The van der Waals surface area contributed by atoms with Crippen molar-refractivity contribution < 1.29 is 5.48 Å². The Bertz CT molecular complexity index is 3140. The lowest BCUT2D eigenvalue weighted by Crippen LogP contribution is -2.12. The maximum Gasteiger partial charge on any atom is 0.0645 e. The van der Waals surface area contributed by atoms with Crippen molar-refractivity contribution in [2.45, 2.75) is 0 Å². The summed E-state index contributed by atoms with van der Waals surface area (Å²) in [5.74, 6) is 0. The van der Waals surface area contributed by atoms with Gasteiger partial charge in [-0.3, -0.25) is 0 Å². The molecule has 0 saturated carbocycles. The van der Waals surface area contributed by atoms with E-state index in [9.17, 15) is 5.48 Å². The fourth-order valence-corrected chi connectivity index (χ4v) is 7.89. The van der Waals surface area contributed by atoms with Crippen molar-refractivity contribution in [3.8, 4) is 39.1 Å². The molecule has 1 aromatic heterocycles. The van der Waals surface area contributed by atoms with Crippen molar-refractivity contribution in [1.29, 1.82) is 0 Å². The summed E-state index contributed by atoms with van der Waals surface area (Å²) >= 11 is 0. The summed E-state index contributed by atoms with van der Waals surface area (Å²) in [6.07, 6.45) is 0. The Morgan fingerprint density at radius 2 is 0.907 bits per heavy atom. The molecule has 0 saturated heterocycles. The van der Waals surface area contributed by atoms with Crippen molar-refractivity contribution in [3.05, 3.63) is 218 Å². The molecule has 0 aliphatic carbocycles. The topological polar surface area (TPSA) is 8.17 Å². The van der Waals surface area contributed by atoms with Gasteiger partial charge in [0, 0.05) is 33.3 Å². The van der Waals surface area contributed by atoms with E-state index in [0.29, 0.717) is 5.56 Å². The molecule has 0 fully saturated rings. The number of benzene rings is 9. The molecule has 0 bridgehead atoms. The van der Waals surface area contributed by atoms with Crippen LogP contribution in [0.3, 0.4) is 0 Å². The fourth-order valence-electron chi connectivity index (χ4n) is 7.89. The van der Waals surface area contributed by atoms with Gasteiger partial charge >= 0.3 is 0 Å². The SMILES string of the molecule is [2H]c1c([2H])c(N(c2ccccc2-c2ccccc2)c2ccccc2-c2cccc3c2c2ccccc2n3-c2ccccc2)c([2H])c([2H])c1-c1cccc2ccccc12. The molecule has 0 unspecified atom stereocenters. The number of para-hydroxylation sites is 4. The quantitative estimate of drug-likeness (QED) is 0.161. The summed E-state index contributed by atoms with van der Waals surface area (Å²) in [6.45, 7) is 0. The minimum Gasteiger partial charge on any atom is -0.309 e. The Hall–Kier alpha value is -7.16. The van der Waals surface area contributed by atoms with Crippen molar-refractivity contribution in [1.82, 2.24) is 4.57 Å². The zero-order chi connectivity index (χ0) is 39.3. The van der Waals surface area contributed by atoms with Crippen molar-refractivity contribution >= 4 is 49.6 Å². The first-order valence-corrected chi connectivity index (χ1v) is 18.2. The second-order valence-electron chi connectivity index (χ2n) is 13.4. The first-order chi connectivity index (χ1) is 28.5. The van der Waals surface area contributed by atoms with Gasteiger partial charge < -0.3 is 9.47 Å². The lowest BCUT2D eigenvalue weighted by atomic mass is 9.95. The van der Waals surface area contributed by atoms with Gasteiger partial charge in [-0.1, -0.05) is 170 Å². The Kier molecular flexibility index (Phi) is 6.84. The Labute approximate surface area is 321 Å². The molecular formula is C52H36N2. The second kappa shape index (κ2) is 13.4. The van der Waals surface area contributed by atoms with Crippen LogP contribution in [0.15, 0.2) is 218 Å². The molecule has 2 nitrogen and oxygen atoms in total. The predicted octanol–water partition coefficient (Wildman–Crippen LogP) is 14.4. The van der Waals surface area contributed by atoms with Gasteiger partial charge in [0.25, 0.3) is 0 Å². The Balaban J connectivity index is 1.29. The van der Waals surface area contributed by atoms with Gasteiger partial charge in [0.05, 0.1) is 27.9 Å². The van der Waals surface area contributed by atoms with E-state index >= 15 is 0 Å². The number of rotatable bonds is 7.